The highest BCUT2D eigenvalue weighted by molar-refractivity contribution is 5.89. The molecule has 0 saturated heterocycles. The minimum Gasteiger partial charge on any atom is -0.478 e. The lowest BCUT2D eigenvalue weighted by Crippen LogP contribution is -2.05. The maximum atomic E-state index is 13.3. The van der Waals surface area contributed by atoms with Crippen LogP contribution in [0.2, 0.25) is 0 Å². The number of esters is 1. The van der Waals surface area contributed by atoms with Crippen LogP contribution in [-0.2, 0) is 11.3 Å². The van der Waals surface area contributed by atoms with Gasteiger partial charge in [0.25, 0.3) is 0 Å². The Morgan fingerprint density at radius 2 is 1.86 bits per heavy atom. The number of aromatic carboxylic acids is 1. The van der Waals surface area contributed by atoms with Gasteiger partial charge >= 0.3 is 11.9 Å². The van der Waals surface area contributed by atoms with Crippen molar-refractivity contribution in [2.75, 3.05) is 12.4 Å². The van der Waals surface area contributed by atoms with E-state index in [1.54, 1.807) is 24.3 Å². The predicted octanol–water partition coefficient (Wildman–Crippen LogP) is 2.92. The average Bonchev–Trinajstić information content (AvgIpc) is 2.53. The molecule has 0 aromatic heterocycles. The first-order chi connectivity index (χ1) is 10.5. The molecule has 2 N–H and O–H groups in total. The van der Waals surface area contributed by atoms with Crippen LogP contribution in [0.3, 0.4) is 0 Å². The summed E-state index contributed by atoms with van der Waals surface area (Å²) in [6.07, 6.45) is 0. The molecular weight excluding hydrogens is 289 g/mol. The van der Waals surface area contributed by atoms with Crippen molar-refractivity contribution < 1.29 is 23.8 Å². The van der Waals surface area contributed by atoms with Crippen molar-refractivity contribution in [2.24, 2.45) is 0 Å². The SMILES string of the molecule is COC(=O)c1ccc(CNc2ccc(F)c(C(=O)O)c2)cc1. The number of hydrogen-bond acceptors (Lipinski definition) is 4. The minimum absolute atomic E-state index is 0.383. The molecule has 0 saturated carbocycles. The fourth-order valence-electron chi connectivity index (χ4n) is 1.88. The fourth-order valence-corrected chi connectivity index (χ4v) is 1.88. The summed E-state index contributed by atoms with van der Waals surface area (Å²) in [6.45, 7) is 0.409. The Kier molecular flexibility index (Phi) is 4.73. The van der Waals surface area contributed by atoms with E-state index in [1.807, 2.05) is 0 Å². The second-order valence-corrected chi connectivity index (χ2v) is 4.54. The standard InChI is InChI=1S/C16H14FNO4/c1-22-16(21)11-4-2-10(3-5-11)9-18-12-6-7-14(17)13(8-12)15(19)20/h2-8,18H,9H2,1H3,(H,19,20). The quantitative estimate of drug-likeness (QED) is 0.831. The molecule has 0 spiro atoms. The zero-order valence-electron chi connectivity index (χ0n) is 11.8. The van der Waals surface area contributed by atoms with E-state index >= 15 is 0 Å². The van der Waals surface area contributed by atoms with Gasteiger partial charge in [0.1, 0.15) is 5.82 Å². The summed E-state index contributed by atoms with van der Waals surface area (Å²) in [5.41, 5.74) is 1.44. The Morgan fingerprint density at radius 3 is 2.45 bits per heavy atom. The van der Waals surface area contributed by atoms with Gasteiger partial charge in [-0.15, -0.1) is 0 Å². The molecule has 0 aliphatic carbocycles. The van der Waals surface area contributed by atoms with Crippen molar-refractivity contribution in [3.05, 3.63) is 65.0 Å². The lowest BCUT2D eigenvalue weighted by atomic mass is 10.1. The smallest absolute Gasteiger partial charge is 0.338 e. The monoisotopic (exact) mass is 303 g/mol. The number of nitrogens with one attached hydrogen (secondary N) is 1. The maximum absolute atomic E-state index is 13.3. The van der Waals surface area contributed by atoms with Gasteiger partial charge < -0.3 is 15.2 Å². The van der Waals surface area contributed by atoms with Crippen LogP contribution >= 0.6 is 0 Å². The van der Waals surface area contributed by atoms with Gasteiger partial charge in [-0.1, -0.05) is 12.1 Å². The van der Waals surface area contributed by atoms with Crippen LogP contribution in [0.1, 0.15) is 26.3 Å². The molecule has 0 fully saturated rings. The zero-order valence-corrected chi connectivity index (χ0v) is 11.8. The summed E-state index contributed by atoms with van der Waals surface area (Å²) in [5, 5.41) is 11.9. The van der Waals surface area contributed by atoms with Crippen LogP contribution in [0.5, 0.6) is 0 Å². The number of ether oxygens (including phenoxy) is 1. The summed E-state index contributed by atoms with van der Waals surface area (Å²) in [6, 6.07) is 10.6. The molecule has 2 rings (SSSR count). The topological polar surface area (TPSA) is 75.6 Å². The van der Waals surface area contributed by atoms with Crippen molar-refractivity contribution >= 4 is 17.6 Å². The molecule has 0 atom stereocenters. The molecule has 5 nitrogen and oxygen atoms in total. The molecule has 0 amide bonds. The average molecular weight is 303 g/mol. The van der Waals surface area contributed by atoms with E-state index in [9.17, 15) is 14.0 Å². The number of carbonyl (C=O) groups excluding carboxylic acids is 1. The van der Waals surface area contributed by atoms with Gasteiger partial charge in [0.05, 0.1) is 18.2 Å². The molecule has 0 radical (unpaired) electrons. The number of carboxylic acid groups (broad SMARTS) is 1. The molecule has 0 aliphatic heterocycles. The maximum Gasteiger partial charge on any atom is 0.338 e. The van der Waals surface area contributed by atoms with Gasteiger partial charge in [0.2, 0.25) is 0 Å². The van der Waals surface area contributed by atoms with Crippen LogP contribution in [0.4, 0.5) is 10.1 Å². The number of hydrogen-bond donors (Lipinski definition) is 2. The molecule has 0 unspecified atom stereocenters. The number of methoxy groups -OCH3 is 1. The van der Waals surface area contributed by atoms with Gasteiger partial charge in [0.15, 0.2) is 0 Å². The first-order valence-corrected chi connectivity index (χ1v) is 6.45. The molecule has 0 heterocycles. The van der Waals surface area contributed by atoms with E-state index in [2.05, 4.69) is 10.1 Å². The molecule has 6 heteroatoms. The minimum atomic E-state index is -1.32. The predicted molar refractivity (Wildman–Crippen MR) is 78.5 cm³/mol. The van der Waals surface area contributed by atoms with E-state index < -0.39 is 17.8 Å². The van der Waals surface area contributed by atoms with Crippen LogP contribution < -0.4 is 5.32 Å². The molecule has 2 aromatic rings. The van der Waals surface area contributed by atoms with Crippen LogP contribution in [0.15, 0.2) is 42.5 Å². The van der Waals surface area contributed by atoms with Crippen molar-refractivity contribution in [3.8, 4) is 0 Å². The first kappa shape index (κ1) is 15.5. The summed E-state index contributed by atoms with van der Waals surface area (Å²) in [7, 11) is 1.31. The summed E-state index contributed by atoms with van der Waals surface area (Å²) in [4.78, 5) is 22.2. The molecule has 114 valence electrons. The van der Waals surface area contributed by atoms with E-state index in [-0.39, 0.29) is 5.56 Å². The highest BCUT2D eigenvalue weighted by Gasteiger charge is 2.10. The van der Waals surface area contributed by atoms with Crippen molar-refractivity contribution in [1.29, 1.82) is 0 Å². The number of carbonyl (C=O) groups is 2. The lowest BCUT2D eigenvalue weighted by Gasteiger charge is -2.08. The Labute approximate surface area is 126 Å². The van der Waals surface area contributed by atoms with Crippen molar-refractivity contribution in [1.82, 2.24) is 0 Å². The number of benzene rings is 2. The Bertz CT molecular complexity index is 698. The summed E-state index contributed by atoms with van der Waals surface area (Å²) < 4.78 is 17.9. The third-order valence-corrected chi connectivity index (χ3v) is 3.07. The lowest BCUT2D eigenvalue weighted by molar-refractivity contribution is 0.0599. The normalized spacial score (nSPS) is 10.1. The van der Waals surface area contributed by atoms with E-state index in [4.69, 9.17) is 5.11 Å². The molecule has 2 aromatic carbocycles. The molecule has 0 bridgehead atoms. The largest absolute Gasteiger partial charge is 0.478 e. The van der Waals surface area contributed by atoms with Gasteiger partial charge in [-0.05, 0) is 35.9 Å². The third-order valence-electron chi connectivity index (χ3n) is 3.07. The van der Waals surface area contributed by atoms with E-state index in [0.717, 1.165) is 11.6 Å². The molecular formula is C16H14FNO4. The Balaban J connectivity index is 2.05. The van der Waals surface area contributed by atoms with Gasteiger partial charge in [-0.3, -0.25) is 0 Å². The zero-order chi connectivity index (χ0) is 16.1. The van der Waals surface area contributed by atoms with Gasteiger partial charge in [-0.25, -0.2) is 14.0 Å². The van der Waals surface area contributed by atoms with Crippen LogP contribution in [-0.4, -0.2) is 24.2 Å². The first-order valence-electron chi connectivity index (χ1n) is 6.45. The van der Waals surface area contributed by atoms with Crippen LogP contribution in [0, 0.1) is 5.82 Å². The molecule has 22 heavy (non-hydrogen) atoms. The van der Waals surface area contributed by atoms with Gasteiger partial charge in [0, 0.05) is 12.2 Å². The summed E-state index contributed by atoms with van der Waals surface area (Å²) >= 11 is 0. The number of rotatable bonds is 5. The van der Waals surface area contributed by atoms with E-state index in [0.29, 0.717) is 17.8 Å². The van der Waals surface area contributed by atoms with Gasteiger partial charge in [-0.2, -0.15) is 0 Å². The highest BCUT2D eigenvalue weighted by atomic mass is 19.1. The number of anilines is 1. The number of halogens is 1. The fraction of sp³-hybridized carbons (Fsp3) is 0.125. The second kappa shape index (κ2) is 6.71. The Morgan fingerprint density at radius 1 is 1.18 bits per heavy atom. The van der Waals surface area contributed by atoms with E-state index in [1.165, 1.54) is 19.2 Å². The Hall–Kier alpha value is -2.89. The van der Waals surface area contributed by atoms with Crippen molar-refractivity contribution in [3.63, 3.8) is 0 Å². The van der Waals surface area contributed by atoms with Crippen LogP contribution in [0.25, 0.3) is 0 Å². The van der Waals surface area contributed by atoms with Crippen molar-refractivity contribution in [2.45, 2.75) is 6.54 Å². The highest BCUT2D eigenvalue weighted by Crippen LogP contribution is 2.16. The summed E-state index contributed by atoms with van der Waals surface area (Å²) in [5.74, 6) is -2.51. The third kappa shape index (κ3) is 3.60. The second-order valence-electron chi connectivity index (χ2n) is 4.54. The molecule has 0 aliphatic rings. The number of carboxylic acids is 1.